The number of hydrogen-bond donors (Lipinski definition) is 4. The van der Waals surface area contributed by atoms with Gasteiger partial charge in [-0.3, -0.25) is 13.9 Å². The predicted octanol–water partition coefficient (Wildman–Crippen LogP) is 8.27. The van der Waals surface area contributed by atoms with Gasteiger partial charge in [0.05, 0.1) is 42.9 Å². The Morgan fingerprint density at radius 2 is 1.54 bits per heavy atom. The minimum Gasteiger partial charge on any atom is -0.481 e. The van der Waals surface area contributed by atoms with E-state index < -0.39 is 37.0 Å². The van der Waals surface area contributed by atoms with Crippen molar-refractivity contribution in [2.24, 2.45) is 0 Å². The van der Waals surface area contributed by atoms with E-state index in [9.17, 15) is 35.8 Å². The zero-order chi connectivity index (χ0) is 47.7. The quantitative estimate of drug-likeness (QED) is 0.0646. The number of quaternary nitrogens is 1. The van der Waals surface area contributed by atoms with Gasteiger partial charge in [0.25, 0.3) is 20.2 Å². The van der Waals surface area contributed by atoms with Crippen LogP contribution >= 0.6 is 0 Å². The first-order valence-electron chi connectivity index (χ1n) is 22.6. The second kappa shape index (κ2) is 19.3. The predicted molar refractivity (Wildman–Crippen MR) is 258 cm³/mol. The maximum absolute atomic E-state index is 12.3. The summed E-state index contributed by atoms with van der Waals surface area (Å²) in [5.74, 6) is -0.813. The van der Waals surface area contributed by atoms with E-state index in [2.05, 4.69) is 98.9 Å². The van der Waals surface area contributed by atoms with Gasteiger partial charge in [-0.05, 0) is 126 Å². The Morgan fingerprint density at radius 1 is 0.862 bits per heavy atom. The molecule has 2 heterocycles. The van der Waals surface area contributed by atoms with E-state index in [4.69, 9.17) is 0 Å². The van der Waals surface area contributed by atoms with Crippen molar-refractivity contribution in [3.8, 4) is 0 Å². The number of nitrogens with zero attached hydrogens (tertiary/aromatic N) is 4. The molecular formula is C50H69N5O8S2+2. The van der Waals surface area contributed by atoms with Crippen molar-refractivity contribution in [1.29, 1.82) is 0 Å². The Labute approximate surface area is 387 Å². The lowest BCUT2D eigenvalue weighted by Crippen LogP contribution is -2.37. The minimum absolute atomic E-state index is 0.0934. The SMILES string of the molecule is CN(C)CCC[N+]1=C(/C=C/C2=C(NC3=CC=C(CCC(=O)O)CC3)C(=C/C=C3/N(CCC[N+](C)(C)C)c4ccc(S(=O)(=O)O)cc4C3(C)C)/CCC2)C(C)(C)c2cc(S(=O)(=O)O)ccc21. The van der Waals surface area contributed by atoms with Gasteiger partial charge in [-0.2, -0.15) is 21.4 Å². The number of carboxylic acids is 1. The molecule has 352 valence electrons. The fourth-order valence-corrected chi connectivity index (χ4v) is 10.6. The molecule has 4 N–H and O–H groups in total. The molecule has 2 aliphatic carbocycles. The average molecular weight is 932 g/mol. The Kier molecular flexibility index (Phi) is 14.8. The number of carboxylic acid groups (broad SMARTS) is 1. The van der Waals surface area contributed by atoms with E-state index in [1.807, 2.05) is 20.2 Å². The summed E-state index contributed by atoms with van der Waals surface area (Å²) >= 11 is 0. The molecule has 15 heteroatoms. The standard InChI is InChI=1S/C50H67N5O8S2/c1-49(2)41-33-39(64(58,59)60)22-24-43(41)53(30-11-29-52(5)6)45(49)26-18-36-13-10-14-37(48(36)51-38-20-15-35(16-21-38)17-28-47(56)57)19-27-46-50(3,4)42-34-40(65(61,62)63)23-25-44(42)54(46)31-12-32-55(7,8)9/h15,18-20,22-27,33-34H,10-14,16-17,21,28-32H2,1-9H3,(H2-,56,57,58,59,60,61,62,63)/p+2/b37-19+,46-27+. The van der Waals surface area contributed by atoms with E-state index in [0.29, 0.717) is 13.0 Å². The van der Waals surface area contributed by atoms with E-state index in [1.165, 1.54) is 12.1 Å². The number of carbonyl (C=O) groups is 1. The Hall–Kier alpha value is -4.64. The Balaban J connectivity index is 1.47. The molecule has 0 atom stereocenters. The van der Waals surface area contributed by atoms with Crippen LogP contribution in [0.4, 0.5) is 11.4 Å². The molecule has 0 aromatic heterocycles. The van der Waals surface area contributed by atoms with Crippen LogP contribution in [0.1, 0.15) is 96.6 Å². The summed E-state index contributed by atoms with van der Waals surface area (Å²) in [6.07, 6.45) is 19.2. The highest BCUT2D eigenvalue weighted by Gasteiger charge is 2.45. The second-order valence-corrected chi connectivity index (χ2v) is 23.0. The monoisotopic (exact) mass is 931 g/mol. The maximum atomic E-state index is 12.3. The highest BCUT2D eigenvalue weighted by atomic mass is 32.2. The zero-order valence-corrected chi connectivity index (χ0v) is 41.2. The molecule has 13 nitrogen and oxygen atoms in total. The van der Waals surface area contributed by atoms with Crippen molar-refractivity contribution in [1.82, 2.24) is 10.2 Å². The molecule has 0 radical (unpaired) electrons. The van der Waals surface area contributed by atoms with E-state index in [0.717, 1.165) is 131 Å². The summed E-state index contributed by atoms with van der Waals surface area (Å²) in [5, 5.41) is 13.1. The molecule has 0 saturated carbocycles. The van der Waals surface area contributed by atoms with Gasteiger partial charge in [-0.25, -0.2) is 0 Å². The first-order valence-corrected chi connectivity index (χ1v) is 25.5. The highest BCUT2D eigenvalue weighted by molar-refractivity contribution is 7.86. The van der Waals surface area contributed by atoms with Gasteiger partial charge >= 0.3 is 5.97 Å². The number of nitrogens with one attached hydrogen (secondary N) is 1. The van der Waals surface area contributed by atoms with E-state index in [1.54, 1.807) is 24.3 Å². The van der Waals surface area contributed by atoms with Gasteiger partial charge in [-0.15, -0.1) is 0 Å². The third-order valence-electron chi connectivity index (χ3n) is 13.1. The van der Waals surface area contributed by atoms with Crippen molar-refractivity contribution < 1.29 is 44.9 Å². The highest BCUT2D eigenvalue weighted by Crippen LogP contribution is 2.49. The Bertz CT molecular complexity index is 2660. The summed E-state index contributed by atoms with van der Waals surface area (Å²) in [7, 11) is 1.75. The maximum Gasteiger partial charge on any atom is 0.303 e. The average Bonchev–Trinajstić information content (AvgIpc) is 3.55. The van der Waals surface area contributed by atoms with Crippen LogP contribution in [0.15, 0.2) is 116 Å². The molecule has 2 aromatic carbocycles. The van der Waals surface area contributed by atoms with Crippen LogP contribution in [0.2, 0.25) is 0 Å². The number of hydrogen-bond acceptors (Lipinski definition) is 8. The van der Waals surface area contributed by atoms with Crippen molar-refractivity contribution in [2.75, 3.05) is 66.3 Å². The first-order chi connectivity index (χ1) is 30.3. The van der Waals surface area contributed by atoms with Crippen LogP contribution in [0.5, 0.6) is 0 Å². The molecule has 0 fully saturated rings. The van der Waals surface area contributed by atoms with Crippen molar-refractivity contribution >= 4 is 43.3 Å². The number of aliphatic carboxylic acids is 1. The second-order valence-electron chi connectivity index (χ2n) is 20.1. The number of benzene rings is 2. The first kappa shape index (κ1) is 49.8. The molecule has 0 spiro atoms. The van der Waals surface area contributed by atoms with Gasteiger partial charge in [-0.1, -0.05) is 37.6 Å². The van der Waals surface area contributed by atoms with E-state index >= 15 is 0 Å². The normalized spacial score (nSPS) is 20.0. The molecular weight excluding hydrogens is 863 g/mol. The molecule has 0 saturated heterocycles. The lowest BCUT2D eigenvalue weighted by molar-refractivity contribution is -0.870. The van der Waals surface area contributed by atoms with Crippen LogP contribution in [0.25, 0.3) is 0 Å². The topological polar surface area (TPSA) is 168 Å². The minimum atomic E-state index is -4.42. The molecule has 65 heavy (non-hydrogen) atoms. The lowest BCUT2D eigenvalue weighted by atomic mass is 9.81. The summed E-state index contributed by atoms with van der Waals surface area (Å²) in [6.45, 7) is 11.6. The zero-order valence-electron chi connectivity index (χ0n) is 39.6. The summed E-state index contributed by atoms with van der Waals surface area (Å²) in [6, 6.07) is 9.74. The van der Waals surface area contributed by atoms with Crippen LogP contribution in [0, 0.1) is 0 Å². The molecule has 2 aliphatic heterocycles. The van der Waals surface area contributed by atoms with Gasteiger partial charge in [0.1, 0.15) is 0 Å². The molecule has 6 rings (SSSR count). The van der Waals surface area contributed by atoms with Gasteiger partial charge in [0.2, 0.25) is 5.69 Å². The van der Waals surface area contributed by atoms with Gasteiger partial charge < -0.3 is 24.7 Å². The summed E-state index contributed by atoms with van der Waals surface area (Å²) < 4.78 is 72.4. The third kappa shape index (κ3) is 11.7. The number of allylic oxidation sites excluding steroid dienone is 11. The van der Waals surface area contributed by atoms with Crippen molar-refractivity contribution in [3.05, 3.63) is 118 Å². The van der Waals surface area contributed by atoms with Crippen molar-refractivity contribution in [3.63, 3.8) is 0 Å². The molecule has 4 aliphatic rings. The van der Waals surface area contributed by atoms with Crippen LogP contribution in [-0.4, -0.2) is 118 Å². The third-order valence-corrected chi connectivity index (χ3v) is 14.8. The number of anilines is 1. The summed E-state index contributed by atoms with van der Waals surface area (Å²) in [5.41, 5.74) is 9.71. The van der Waals surface area contributed by atoms with Gasteiger partial charge in [0, 0.05) is 78.3 Å². The smallest absolute Gasteiger partial charge is 0.303 e. The summed E-state index contributed by atoms with van der Waals surface area (Å²) in [4.78, 5) is 15.5. The Morgan fingerprint density at radius 3 is 2.15 bits per heavy atom. The number of fused-ring (bicyclic) bond motifs is 2. The molecule has 2 aromatic rings. The number of rotatable bonds is 18. The van der Waals surface area contributed by atoms with Crippen LogP contribution in [0.3, 0.4) is 0 Å². The largest absolute Gasteiger partial charge is 0.481 e. The lowest BCUT2D eigenvalue weighted by Gasteiger charge is -2.29. The van der Waals surface area contributed by atoms with Gasteiger partial charge in [0.15, 0.2) is 12.3 Å². The fourth-order valence-electron chi connectivity index (χ4n) is 9.56. The van der Waals surface area contributed by atoms with Crippen LogP contribution in [-0.2, 0) is 35.9 Å². The van der Waals surface area contributed by atoms with Crippen LogP contribution < -0.4 is 10.2 Å². The molecule has 0 amide bonds. The molecule has 0 bridgehead atoms. The fraction of sp³-hybridized carbons (Fsp3) is 0.480. The van der Waals surface area contributed by atoms with E-state index in [-0.39, 0.29) is 16.2 Å². The van der Waals surface area contributed by atoms with Crippen molar-refractivity contribution in [2.45, 2.75) is 106 Å². The molecule has 0 unspecified atom stereocenters.